The first-order valence-electron chi connectivity index (χ1n) is 6.02. The summed E-state index contributed by atoms with van der Waals surface area (Å²) in [4.78, 5) is 3.82. The highest BCUT2D eigenvalue weighted by Gasteiger charge is 2.21. The second-order valence-corrected chi connectivity index (χ2v) is 6.69. The standard InChI is InChI=1S/C12H13Cl2N3O3S/c1-2-7-5-16-10(20-7)6-17-21(18,19)9-4-3-8(13)12(15)11(9)14/h3-5,17H,2,6,15H2,1H3. The van der Waals surface area contributed by atoms with E-state index in [2.05, 4.69) is 9.71 Å². The number of nitrogens with two attached hydrogens (primary N) is 1. The van der Waals surface area contributed by atoms with Gasteiger partial charge < -0.3 is 10.2 Å². The van der Waals surface area contributed by atoms with Gasteiger partial charge in [-0.05, 0) is 12.1 Å². The number of aryl methyl sites for hydroxylation is 1. The Kier molecular flexibility index (Phi) is 4.77. The maximum Gasteiger partial charge on any atom is 0.242 e. The Balaban J connectivity index is 2.21. The number of nitrogen functional groups attached to an aromatic ring is 1. The lowest BCUT2D eigenvalue weighted by Crippen LogP contribution is -2.24. The molecule has 0 saturated carbocycles. The molecule has 2 rings (SSSR count). The molecule has 0 atom stereocenters. The zero-order valence-electron chi connectivity index (χ0n) is 11.1. The summed E-state index contributed by atoms with van der Waals surface area (Å²) in [5.74, 6) is 0.950. The van der Waals surface area contributed by atoms with Crippen molar-refractivity contribution in [1.82, 2.24) is 9.71 Å². The SMILES string of the molecule is CCc1cnc(CNS(=O)(=O)c2ccc(Cl)c(N)c2Cl)o1. The molecule has 0 radical (unpaired) electrons. The summed E-state index contributed by atoms with van der Waals surface area (Å²) in [5, 5.41) is 0.0795. The number of nitrogens with one attached hydrogen (secondary N) is 1. The zero-order valence-corrected chi connectivity index (χ0v) is 13.4. The van der Waals surface area contributed by atoms with Crippen molar-refractivity contribution in [3.63, 3.8) is 0 Å². The quantitative estimate of drug-likeness (QED) is 0.808. The van der Waals surface area contributed by atoms with E-state index < -0.39 is 10.0 Å². The highest BCUT2D eigenvalue weighted by Crippen LogP contribution is 2.32. The Morgan fingerprint density at radius 3 is 2.71 bits per heavy atom. The minimum atomic E-state index is -3.85. The van der Waals surface area contributed by atoms with Crippen molar-refractivity contribution >= 4 is 38.9 Å². The number of anilines is 1. The Morgan fingerprint density at radius 2 is 2.10 bits per heavy atom. The highest BCUT2D eigenvalue weighted by molar-refractivity contribution is 7.89. The van der Waals surface area contributed by atoms with Gasteiger partial charge in [0.15, 0.2) is 0 Å². The number of rotatable bonds is 5. The summed E-state index contributed by atoms with van der Waals surface area (Å²) < 4.78 is 32.1. The highest BCUT2D eigenvalue weighted by atomic mass is 35.5. The van der Waals surface area contributed by atoms with Gasteiger partial charge in [0.1, 0.15) is 10.7 Å². The van der Waals surface area contributed by atoms with Gasteiger partial charge in [0.2, 0.25) is 15.9 Å². The van der Waals surface area contributed by atoms with Gasteiger partial charge in [-0.15, -0.1) is 0 Å². The van der Waals surface area contributed by atoms with Gasteiger partial charge in [0.25, 0.3) is 0 Å². The summed E-state index contributed by atoms with van der Waals surface area (Å²) in [7, 11) is -3.85. The minimum Gasteiger partial charge on any atom is -0.444 e. The normalized spacial score (nSPS) is 11.8. The molecule has 3 N–H and O–H groups in total. The van der Waals surface area contributed by atoms with Crippen LogP contribution in [0.2, 0.25) is 10.0 Å². The Bertz CT molecular complexity index is 759. The molecule has 1 aromatic heterocycles. The third kappa shape index (κ3) is 3.49. The maximum absolute atomic E-state index is 12.2. The summed E-state index contributed by atoms with van der Waals surface area (Å²) in [6.07, 6.45) is 2.23. The lowest BCUT2D eigenvalue weighted by Gasteiger charge is -2.09. The number of aromatic nitrogens is 1. The van der Waals surface area contributed by atoms with E-state index in [-0.39, 0.29) is 33.1 Å². The van der Waals surface area contributed by atoms with E-state index in [4.69, 9.17) is 33.4 Å². The number of hydrogen-bond donors (Lipinski definition) is 2. The van der Waals surface area contributed by atoms with Crippen LogP contribution >= 0.6 is 23.2 Å². The maximum atomic E-state index is 12.2. The fourth-order valence-corrected chi connectivity index (χ4v) is 3.32. The van der Waals surface area contributed by atoms with Gasteiger partial charge in [0, 0.05) is 6.42 Å². The average Bonchev–Trinajstić information content (AvgIpc) is 2.90. The fraction of sp³-hybridized carbons (Fsp3) is 0.250. The van der Waals surface area contributed by atoms with Crippen LogP contribution in [0.3, 0.4) is 0 Å². The molecule has 21 heavy (non-hydrogen) atoms. The van der Waals surface area contributed by atoms with E-state index in [0.717, 1.165) is 0 Å². The van der Waals surface area contributed by atoms with Crippen LogP contribution in [0.1, 0.15) is 18.6 Å². The minimum absolute atomic E-state index is 0.0191. The van der Waals surface area contributed by atoms with Gasteiger partial charge >= 0.3 is 0 Å². The molecular formula is C12H13Cl2N3O3S. The third-order valence-corrected chi connectivity index (χ3v) is 5.04. The largest absolute Gasteiger partial charge is 0.444 e. The second-order valence-electron chi connectivity index (χ2n) is 4.17. The molecular weight excluding hydrogens is 337 g/mol. The zero-order chi connectivity index (χ0) is 15.6. The number of hydrogen-bond acceptors (Lipinski definition) is 5. The number of sulfonamides is 1. The fourth-order valence-electron chi connectivity index (χ4n) is 1.58. The molecule has 0 fully saturated rings. The van der Waals surface area contributed by atoms with Crippen LogP contribution in [-0.4, -0.2) is 13.4 Å². The van der Waals surface area contributed by atoms with Crippen LogP contribution in [0.15, 0.2) is 27.6 Å². The first-order valence-corrected chi connectivity index (χ1v) is 8.25. The Labute approximate surface area is 132 Å². The van der Waals surface area contributed by atoms with Crippen LogP contribution in [0.5, 0.6) is 0 Å². The lowest BCUT2D eigenvalue weighted by molar-refractivity contribution is 0.452. The summed E-state index contributed by atoms with van der Waals surface area (Å²) in [6, 6.07) is 2.66. The van der Waals surface area contributed by atoms with Gasteiger partial charge in [-0.3, -0.25) is 0 Å². The molecule has 9 heteroatoms. The van der Waals surface area contributed by atoms with Crippen molar-refractivity contribution in [1.29, 1.82) is 0 Å². The molecule has 0 amide bonds. The first-order chi connectivity index (χ1) is 9.85. The third-order valence-electron chi connectivity index (χ3n) is 2.74. The van der Waals surface area contributed by atoms with Gasteiger partial charge in [-0.2, -0.15) is 0 Å². The van der Waals surface area contributed by atoms with Crippen LogP contribution in [0, 0.1) is 0 Å². The molecule has 6 nitrogen and oxygen atoms in total. The van der Waals surface area contributed by atoms with Crippen LogP contribution < -0.4 is 10.5 Å². The van der Waals surface area contributed by atoms with Crippen molar-refractivity contribution < 1.29 is 12.8 Å². The molecule has 1 aromatic carbocycles. The smallest absolute Gasteiger partial charge is 0.242 e. The molecule has 0 spiro atoms. The topological polar surface area (TPSA) is 98.2 Å². The van der Waals surface area contributed by atoms with E-state index in [9.17, 15) is 8.42 Å². The molecule has 0 bridgehead atoms. The van der Waals surface area contributed by atoms with Crippen molar-refractivity contribution in [3.05, 3.63) is 40.0 Å². The number of nitrogens with zero attached hydrogens (tertiary/aromatic N) is 1. The van der Waals surface area contributed by atoms with Crippen molar-refractivity contribution in [2.45, 2.75) is 24.8 Å². The van der Waals surface area contributed by atoms with Gasteiger partial charge in [0.05, 0.1) is 28.5 Å². The van der Waals surface area contributed by atoms with E-state index in [1.807, 2.05) is 6.92 Å². The van der Waals surface area contributed by atoms with E-state index in [1.54, 1.807) is 6.20 Å². The predicted molar refractivity (Wildman–Crippen MR) is 80.8 cm³/mol. The van der Waals surface area contributed by atoms with Crippen molar-refractivity contribution in [3.8, 4) is 0 Å². The number of halogens is 2. The van der Waals surface area contributed by atoms with Gasteiger partial charge in [-0.25, -0.2) is 18.1 Å². The van der Waals surface area contributed by atoms with Crippen molar-refractivity contribution in [2.75, 3.05) is 5.73 Å². The van der Waals surface area contributed by atoms with Crippen LogP contribution in [-0.2, 0) is 23.0 Å². The number of benzene rings is 1. The molecule has 0 aliphatic rings. The summed E-state index contributed by atoms with van der Waals surface area (Å²) in [5.41, 5.74) is 5.64. The van der Waals surface area contributed by atoms with E-state index in [1.165, 1.54) is 12.1 Å². The molecule has 0 aliphatic carbocycles. The van der Waals surface area contributed by atoms with Crippen LogP contribution in [0.4, 0.5) is 5.69 Å². The second kappa shape index (κ2) is 6.23. The van der Waals surface area contributed by atoms with Crippen molar-refractivity contribution in [2.24, 2.45) is 0 Å². The van der Waals surface area contributed by atoms with Gasteiger partial charge in [-0.1, -0.05) is 30.1 Å². The predicted octanol–water partition coefficient (Wildman–Crippen LogP) is 2.60. The molecule has 0 saturated heterocycles. The van der Waals surface area contributed by atoms with Crippen LogP contribution in [0.25, 0.3) is 0 Å². The number of oxazole rings is 1. The lowest BCUT2D eigenvalue weighted by atomic mass is 10.3. The molecule has 2 aromatic rings. The monoisotopic (exact) mass is 349 g/mol. The average molecular weight is 350 g/mol. The Hall–Kier alpha value is -1.28. The van der Waals surface area contributed by atoms with E-state index in [0.29, 0.717) is 12.2 Å². The van der Waals surface area contributed by atoms with E-state index >= 15 is 0 Å². The molecule has 0 aliphatic heterocycles. The molecule has 1 heterocycles. The summed E-state index contributed by atoms with van der Waals surface area (Å²) in [6.45, 7) is 1.83. The Morgan fingerprint density at radius 1 is 1.38 bits per heavy atom. The first kappa shape index (κ1) is 16.1. The summed E-state index contributed by atoms with van der Waals surface area (Å²) >= 11 is 11.7. The molecule has 114 valence electrons. The molecule has 0 unspecified atom stereocenters.